The number of nitrogens with one attached hydrogen (secondary N) is 1. The van der Waals surface area contributed by atoms with Crippen LogP contribution in [0.1, 0.15) is 40.0 Å². The predicted molar refractivity (Wildman–Crippen MR) is 71.5 cm³/mol. The van der Waals surface area contributed by atoms with Crippen molar-refractivity contribution in [2.45, 2.75) is 46.1 Å². The van der Waals surface area contributed by atoms with Crippen LogP contribution < -0.4 is 5.32 Å². The van der Waals surface area contributed by atoms with E-state index in [1.165, 1.54) is 10.5 Å². The van der Waals surface area contributed by atoms with Crippen LogP contribution in [-0.2, 0) is 4.79 Å². The summed E-state index contributed by atoms with van der Waals surface area (Å²) in [5.74, 6) is -0.897. The Kier molecular flexibility index (Phi) is 7.83. The second-order valence-electron chi connectivity index (χ2n) is 4.77. The molecule has 5 nitrogen and oxygen atoms in total. The Balaban J connectivity index is 3.91. The van der Waals surface area contributed by atoms with Gasteiger partial charge in [0.25, 0.3) is 0 Å². The highest BCUT2D eigenvalue weighted by Crippen LogP contribution is 2.02. The molecule has 0 aliphatic carbocycles. The zero-order valence-corrected chi connectivity index (χ0v) is 11.7. The highest BCUT2D eigenvalue weighted by atomic mass is 16.4. The van der Waals surface area contributed by atoms with Gasteiger partial charge in [-0.05, 0) is 33.6 Å². The van der Waals surface area contributed by atoms with Crippen molar-refractivity contribution in [1.82, 2.24) is 10.2 Å². The van der Waals surface area contributed by atoms with Gasteiger partial charge in [0.2, 0.25) is 0 Å². The summed E-state index contributed by atoms with van der Waals surface area (Å²) in [6.45, 7) is 6.26. The van der Waals surface area contributed by atoms with Crippen LogP contribution in [0.5, 0.6) is 0 Å². The smallest absolute Gasteiger partial charge is 0.317 e. The van der Waals surface area contributed by atoms with E-state index in [-0.39, 0.29) is 25.0 Å². The molecule has 0 saturated heterocycles. The molecule has 1 atom stereocenters. The van der Waals surface area contributed by atoms with Crippen molar-refractivity contribution in [3.63, 3.8) is 0 Å². The van der Waals surface area contributed by atoms with Gasteiger partial charge in [-0.1, -0.05) is 11.6 Å². The zero-order chi connectivity index (χ0) is 14.1. The molecule has 0 aromatic carbocycles. The first-order valence-electron chi connectivity index (χ1n) is 6.19. The second kappa shape index (κ2) is 8.55. The Labute approximate surface area is 109 Å². The van der Waals surface area contributed by atoms with Crippen LogP contribution in [0.3, 0.4) is 0 Å². The number of carbonyl (C=O) groups is 2. The van der Waals surface area contributed by atoms with Crippen LogP contribution in [0.4, 0.5) is 4.79 Å². The van der Waals surface area contributed by atoms with E-state index in [0.29, 0.717) is 0 Å². The molecule has 0 saturated carbocycles. The topological polar surface area (TPSA) is 69.6 Å². The number of amides is 2. The summed E-state index contributed by atoms with van der Waals surface area (Å²) in [5, 5.41) is 11.4. The van der Waals surface area contributed by atoms with Crippen molar-refractivity contribution < 1.29 is 14.7 Å². The average molecular weight is 256 g/mol. The highest BCUT2D eigenvalue weighted by molar-refractivity contribution is 5.75. The van der Waals surface area contributed by atoms with Crippen molar-refractivity contribution in [2.24, 2.45) is 0 Å². The molecule has 0 rings (SSSR count). The largest absolute Gasteiger partial charge is 0.481 e. The molecule has 5 heteroatoms. The minimum absolute atomic E-state index is 0.0317. The first-order chi connectivity index (χ1) is 8.32. The summed E-state index contributed by atoms with van der Waals surface area (Å²) in [6, 6.07) is -0.138. The van der Waals surface area contributed by atoms with Gasteiger partial charge in [-0.2, -0.15) is 0 Å². The van der Waals surface area contributed by atoms with Crippen molar-refractivity contribution >= 4 is 12.0 Å². The number of carboxylic acids is 1. The van der Waals surface area contributed by atoms with Crippen LogP contribution in [0.25, 0.3) is 0 Å². The molecule has 0 spiro atoms. The Bertz CT molecular complexity index is 309. The number of carboxylic acid groups (broad SMARTS) is 1. The Morgan fingerprint density at radius 3 is 2.50 bits per heavy atom. The van der Waals surface area contributed by atoms with Crippen LogP contribution >= 0.6 is 0 Å². The summed E-state index contributed by atoms with van der Waals surface area (Å²) in [4.78, 5) is 23.5. The number of nitrogens with zero attached hydrogens (tertiary/aromatic N) is 1. The van der Waals surface area contributed by atoms with Crippen LogP contribution in [0.2, 0.25) is 0 Å². The Morgan fingerprint density at radius 2 is 2.00 bits per heavy atom. The molecule has 18 heavy (non-hydrogen) atoms. The number of rotatable bonds is 7. The number of hydrogen-bond donors (Lipinski definition) is 2. The molecule has 2 N–H and O–H groups in total. The minimum atomic E-state index is -0.897. The summed E-state index contributed by atoms with van der Waals surface area (Å²) < 4.78 is 0. The molecule has 104 valence electrons. The highest BCUT2D eigenvalue weighted by Gasteiger charge is 2.12. The molecule has 0 aliphatic rings. The number of urea groups is 1. The molecule has 2 amide bonds. The van der Waals surface area contributed by atoms with E-state index in [1.54, 1.807) is 7.05 Å². The Hall–Kier alpha value is -1.52. The molecule has 0 fully saturated rings. The molecular formula is C13H24N2O3. The summed E-state index contributed by atoms with van der Waals surface area (Å²) >= 11 is 0. The number of carbonyl (C=O) groups excluding carboxylic acids is 1. The van der Waals surface area contributed by atoms with E-state index in [4.69, 9.17) is 5.11 Å². The molecule has 0 aromatic rings. The number of hydrogen-bond acceptors (Lipinski definition) is 2. The van der Waals surface area contributed by atoms with Crippen molar-refractivity contribution in [3.05, 3.63) is 11.6 Å². The molecule has 1 unspecified atom stereocenters. The van der Waals surface area contributed by atoms with Gasteiger partial charge >= 0.3 is 12.0 Å². The van der Waals surface area contributed by atoms with Gasteiger partial charge in [0.1, 0.15) is 0 Å². The lowest BCUT2D eigenvalue weighted by atomic mass is 10.1. The fraction of sp³-hybridized carbons (Fsp3) is 0.692. The molecule has 0 radical (unpaired) electrons. The molecule has 0 aliphatic heterocycles. The van der Waals surface area contributed by atoms with Gasteiger partial charge < -0.3 is 15.3 Å². The van der Waals surface area contributed by atoms with Crippen molar-refractivity contribution in [3.8, 4) is 0 Å². The third kappa shape index (κ3) is 8.61. The standard InChI is InChI=1S/C13H24N2O3/c1-10(2)6-5-7-11(3)14-13(18)15(4)9-8-12(16)17/h6,11H,5,7-9H2,1-4H3,(H,14,18)(H,16,17). The monoisotopic (exact) mass is 256 g/mol. The van der Waals surface area contributed by atoms with E-state index in [2.05, 4.69) is 11.4 Å². The van der Waals surface area contributed by atoms with Crippen molar-refractivity contribution in [2.75, 3.05) is 13.6 Å². The SMILES string of the molecule is CC(C)=CCCC(C)NC(=O)N(C)CCC(=O)O. The van der Waals surface area contributed by atoms with E-state index in [9.17, 15) is 9.59 Å². The van der Waals surface area contributed by atoms with E-state index in [0.717, 1.165) is 12.8 Å². The third-order valence-electron chi connectivity index (χ3n) is 2.53. The lowest BCUT2D eigenvalue weighted by molar-refractivity contribution is -0.137. The maximum atomic E-state index is 11.7. The normalized spacial score (nSPS) is 11.6. The number of aliphatic carboxylic acids is 1. The fourth-order valence-electron chi connectivity index (χ4n) is 1.38. The van der Waals surface area contributed by atoms with Crippen LogP contribution in [0.15, 0.2) is 11.6 Å². The predicted octanol–water partition coefficient (Wildman–Crippen LogP) is 2.24. The van der Waals surface area contributed by atoms with Gasteiger partial charge in [-0.25, -0.2) is 4.79 Å². The van der Waals surface area contributed by atoms with Crippen molar-refractivity contribution in [1.29, 1.82) is 0 Å². The van der Waals surface area contributed by atoms with Gasteiger partial charge in [-0.3, -0.25) is 4.79 Å². The molecule has 0 heterocycles. The third-order valence-corrected chi connectivity index (χ3v) is 2.53. The van der Waals surface area contributed by atoms with Gasteiger partial charge in [0.05, 0.1) is 6.42 Å². The zero-order valence-electron chi connectivity index (χ0n) is 11.7. The molecule has 0 aromatic heterocycles. The summed E-state index contributed by atoms with van der Waals surface area (Å²) in [6.07, 6.45) is 3.92. The second-order valence-corrected chi connectivity index (χ2v) is 4.77. The van der Waals surface area contributed by atoms with Crippen LogP contribution in [0, 0.1) is 0 Å². The fourth-order valence-corrected chi connectivity index (χ4v) is 1.38. The maximum Gasteiger partial charge on any atom is 0.317 e. The number of allylic oxidation sites excluding steroid dienone is 2. The van der Waals surface area contributed by atoms with Gasteiger partial charge in [0, 0.05) is 19.6 Å². The van der Waals surface area contributed by atoms with Gasteiger partial charge in [-0.15, -0.1) is 0 Å². The molecular weight excluding hydrogens is 232 g/mol. The summed E-state index contributed by atoms with van der Waals surface area (Å²) in [7, 11) is 1.60. The lowest BCUT2D eigenvalue weighted by Gasteiger charge is -2.20. The lowest BCUT2D eigenvalue weighted by Crippen LogP contribution is -2.42. The Morgan fingerprint density at radius 1 is 1.39 bits per heavy atom. The first-order valence-corrected chi connectivity index (χ1v) is 6.19. The molecule has 0 bridgehead atoms. The first kappa shape index (κ1) is 16.5. The van der Waals surface area contributed by atoms with E-state index in [1.807, 2.05) is 20.8 Å². The quantitative estimate of drug-likeness (QED) is 0.686. The van der Waals surface area contributed by atoms with E-state index < -0.39 is 5.97 Å². The maximum absolute atomic E-state index is 11.7. The minimum Gasteiger partial charge on any atom is -0.481 e. The van der Waals surface area contributed by atoms with E-state index >= 15 is 0 Å². The summed E-state index contributed by atoms with van der Waals surface area (Å²) in [5.41, 5.74) is 1.27. The van der Waals surface area contributed by atoms with Gasteiger partial charge in [0.15, 0.2) is 0 Å². The average Bonchev–Trinajstić information content (AvgIpc) is 2.24. The van der Waals surface area contributed by atoms with Crippen LogP contribution in [-0.4, -0.2) is 41.6 Å².